The summed E-state index contributed by atoms with van der Waals surface area (Å²) in [6.45, 7) is 3.63. The Morgan fingerprint density at radius 1 is 0.974 bits per heavy atom. The van der Waals surface area contributed by atoms with Crippen molar-refractivity contribution >= 4 is 22.4 Å². The van der Waals surface area contributed by atoms with Crippen LogP contribution in [0, 0.1) is 0 Å². The summed E-state index contributed by atoms with van der Waals surface area (Å²) in [5.41, 5.74) is 11.5. The molecule has 2 aliphatic rings. The lowest BCUT2D eigenvalue weighted by atomic mass is 9.94. The van der Waals surface area contributed by atoms with E-state index in [1.165, 1.54) is 46.1 Å². The lowest BCUT2D eigenvalue weighted by Crippen LogP contribution is -2.26. The zero-order valence-electron chi connectivity index (χ0n) is 21.9. The number of carbonyl (C=O) groups is 1. The SMILES string of the molecule is CC(=O)Nc1nc2c(s1)-c1c(c(-c3cccnc3)nn1-c1ccc(-c3ccc4c(c3)CCN(C)C4)cc1)CC2. The number of rotatable bonds is 4. The van der Waals surface area contributed by atoms with Gasteiger partial charge in [-0.15, -0.1) is 0 Å². The highest BCUT2D eigenvalue weighted by atomic mass is 32.1. The van der Waals surface area contributed by atoms with Gasteiger partial charge in [0.05, 0.1) is 27.6 Å². The highest BCUT2D eigenvalue weighted by molar-refractivity contribution is 7.19. The number of aromatic nitrogens is 4. The summed E-state index contributed by atoms with van der Waals surface area (Å²) in [4.78, 5) is 24.2. The molecule has 0 spiro atoms. The molecule has 0 radical (unpaired) electrons. The lowest BCUT2D eigenvalue weighted by Gasteiger charge is -2.25. The summed E-state index contributed by atoms with van der Waals surface area (Å²) < 4.78 is 2.04. The molecule has 1 aliphatic carbocycles. The topological polar surface area (TPSA) is 75.9 Å². The Morgan fingerprint density at radius 2 is 1.82 bits per heavy atom. The monoisotopic (exact) mass is 532 g/mol. The van der Waals surface area contributed by atoms with Crippen molar-refractivity contribution in [1.82, 2.24) is 24.6 Å². The summed E-state index contributed by atoms with van der Waals surface area (Å²) in [6.07, 6.45) is 6.38. The first kappa shape index (κ1) is 23.9. The van der Waals surface area contributed by atoms with Crippen LogP contribution in [0.15, 0.2) is 67.0 Å². The molecule has 194 valence electrons. The average Bonchev–Trinajstić information content (AvgIpc) is 3.54. The van der Waals surface area contributed by atoms with E-state index in [9.17, 15) is 4.79 Å². The predicted molar refractivity (Wildman–Crippen MR) is 155 cm³/mol. The number of benzene rings is 2. The van der Waals surface area contributed by atoms with Crippen LogP contribution in [-0.2, 0) is 30.6 Å². The first-order valence-corrected chi connectivity index (χ1v) is 14.1. The molecule has 1 amide bonds. The Labute approximate surface area is 231 Å². The Balaban J connectivity index is 1.31. The van der Waals surface area contributed by atoms with Gasteiger partial charge in [-0.05, 0) is 72.8 Å². The van der Waals surface area contributed by atoms with Gasteiger partial charge < -0.3 is 10.2 Å². The Kier molecular flexibility index (Phi) is 5.86. The zero-order chi connectivity index (χ0) is 26.5. The van der Waals surface area contributed by atoms with Crippen LogP contribution in [0.2, 0.25) is 0 Å². The van der Waals surface area contributed by atoms with Gasteiger partial charge in [0.15, 0.2) is 5.13 Å². The number of hydrogen-bond acceptors (Lipinski definition) is 6. The number of hydrogen-bond donors (Lipinski definition) is 1. The van der Waals surface area contributed by atoms with E-state index < -0.39 is 0 Å². The van der Waals surface area contributed by atoms with E-state index in [0.29, 0.717) is 5.13 Å². The average molecular weight is 533 g/mol. The van der Waals surface area contributed by atoms with Gasteiger partial charge in [0.2, 0.25) is 5.91 Å². The standard InChI is InChI=1S/C31H28N6OS/c1-19(38)33-31-34-27-12-11-26-28(23-4-3-14-32-17-23)35-37(29(26)30(27)39-31)25-9-7-20(8-10-25)21-5-6-24-18-36(2)15-13-22(24)16-21/h3-10,14,16-17H,11-13,15,18H2,1-2H3,(H,33,34,38). The van der Waals surface area contributed by atoms with Crippen molar-refractivity contribution in [2.45, 2.75) is 32.7 Å². The van der Waals surface area contributed by atoms with E-state index >= 15 is 0 Å². The molecule has 8 heteroatoms. The van der Waals surface area contributed by atoms with Crippen LogP contribution < -0.4 is 5.32 Å². The van der Waals surface area contributed by atoms with Gasteiger partial charge in [-0.1, -0.05) is 41.7 Å². The summed E-state index contributed by atoms with van der Waals surface area (Å²) >= 11 is 1.51. The van der Waals surface area contributed by atoms with Crippen LogP contribution in [-0.4, -0.2) is 44.1 Å². The highest BCUT2D eigenvalue weighted by Gasteiger charge is 2.30. The summed E-state index contributed by atoms with van der Waals surface area (Å²) in [7, 11) is 2.18. The third-order valence-corrected chi connectivity index (χ3v) is 8.60. The first-order chi connectivity index (χ1) is 19.0. The highest BCUT2D eigenvalue weighted by Crippen LogP contribution is 2.44. The smallest absolute Gasteiger partial charge is 0.223 e. The minimum atomic E-state index is -0.115. The second-order valence-electron chi connectivity index (χ2n) is 10.3. The fraction of sp³-hybridized carbons (Fsp3) is 0.226. The normalized spacial score (nSPS) is 14.4. The molecule has 0 fully saturated rings. The van der Waals surface area contributed by atoms with Crippen molar-refractivity contribution in [3.63, 3.8) is 0 Å². The molecule has 1 aliphatic heterocycles. The van der Waals surface area contributed by atoms with Gasteiger partial charge in [0.25, 0.3) is 0 Å². The molecule has 39 heavy (non-hydrogen) atoms. The second kappa shape index (κ2) is 9.55. The fourth-order valence-electron chi connectivity index (χ4n) is 5.66. The van der Waals surface area contributed by atoms with Crippen LogP contribution >= 0.6 is 11.3 Å². The van der Waals surface area contributed by atoms with Crippen LogP contribution in [0.25, 0.3) is 38.6 Å². The Bertz CT molecular complexity index is 1700. The number of fused-ring (bicyclic) bond motifs is 4. The van der Waals surface area contributed by atoms with Gasteiger partial charge in [-0.3, -0.25) is 9.78 Å². The molecule has 0 atom stereocenters. The summed E-state index contributed by atoms with van der Waals surface area (Å²) in [5, 5.41) is 8.63. The molecule has 1 N–H and O–H groups in total. The molecule has 0 saturated carbocycles. The quantitative estimate of drug-likeness (QED) is 0.318. The Hall–Kier alpha value is -4.14. The van der Waals surface area contributed by atoms with Crippen molar-refractivity contribution < 1.29 is 4.79 Å². The molecule has 0 bridgehead atoms. The molecular weight excluding hydrogens is 504 g/mol. The van der Waals surface area contributed by atoms with Crippen molar-refractivity contribution in [1.29, 1.82) is 0 Å². The molecule has 7 rings (SSSR count). The Morgan fingerprint density at radius 3 is 2.62 bits per heavy atom. The number of nitrogens with one attached hydrogen (secondary N) is 1. The molecule has 0 unspecified atom stereocenters. The first-order valence-electron chi connectivity index (χ1n) is 13.2. The van der Waals surface area contributed by atoms with E-state index in [4.69, 9.17) is 10.1 Å². The van der Waals surface area contributed by atoms with Crippen LogP contribution in [0.5, 0.6) is 0 Å². The van der Waals surface area contributed by atoms with Crippen molar-refractivity contribution in [2.75, 3.05) is 18.9 Å². The molecule has 2 aromatic carbocycles. The number of thiazole rings is 1. The molecule has 0 saturated heterocycles. The third-order valence-electron chi connectivity index (χ3n) is 7.58. The van der Waals surface area contributed by atoms with Gasteiger partial charge >= 0.3 is 0 Å². The number of likely N-dealkylation sites (N-methyl/N-ethyl adjacent to an activating group) is 1. The maximum atomic E-state index is 11.7. The maximum absolute atomic E-state index is 11.7. The number of anilines is 1. The molecule has 4 heterocycles. The number of carbonyl (C=O) groups excluding carboxylic acids is 1. The predicted octanol–water partition coefficient (Wildman–Crippen LogP) is 5.77. The van der Waals surface area contributed by atoms with Crippen LogP contribution in [0.4, 0.5) is 5.13 Å². The van der Waals surface area contributed by atoms with Gasteiger partial charge in [-0.2, -0.15) is 5.10 Å². The summed E-state index contributed by atoms with van der Waals surface area (Å²) in [5.74, 6) is -0.115. The van der Waals surface area contributed by atoms with E-state index in [1.54, 1.807) is 6.20 Å². The van der Waals surface area contributed by atoms with Crippen molar-refractivity contribution in [2.24, 2.45) is 0 Å². The van der Waals surface area contributed by atoms with E-state index in [0.717, 1.165) is 65.6 Å². The zero-order valence-corrected chi connectivity index (χ0v) is 22.8. The van der Waals surface area contributed by atoms with E-state index in [2.05, 4.69) is 70.8 Å². The van der Waals surface area contributed by atoms with Crippen LogP contribution in [0.1, 0.15) is 29.3 Å². The van der Waals surface area contributed by atoms with Gasteiger partial charge in [0.1, 0.15) is 0 Å². The third kappa shape index (κ3) is 4.35. The van der Waals surface area contributed by atoms with Gasteiger partial charge in [0, 0.05) is 43.5 Å². The molecule has 3 aromatic heterocycles. The number of nitrogens with zero attached hydrogens (tertiary/aromatic N) is 5. The maximum Gasteiger partial charge on any atom is 0.223 e. The second-order valence-corrected chi connectivity index (χ2v) is 11.3. The number of pyridine rings is 1. The number of aryl methyl sites for hydroxylation is 1. The van der Waals surface area contributed by atoms with Crippen LogP contribution in [0.3, 0.4) is 0 Å². The minimum Gasteiger partial charge on any atom is -0.302 e. The molecular formula is C31H28N6OS. The largest absolute Gasteiger partial charge is 0.302 e. The number of amides is 1. The van der Waals surface area contributed by atoms with E-state index in [-0.39, 0.29) is 5.91 Å². The lowest BCUT2D eigenvalue weighted by molar-refractivity contribution is -0.114. The van der Waals surface area contributed by atoms with E-state index in [1.807, 2.05) is 16.9 Å². The molecule has 5 aromatic rings. The fourth-order valence-corrected chi connectivity index (χ4v) is 6.78. The van der Waals surface area contributed by atoms with Gasteiger partial charge in [-0.25, -0.2) is 9.67 Å². The van der Waals surface area contributed by atoms with Crippen molar-refractivity contribution in [3.8, 4) is 38.6 Å². The molecule has 7 nitrogen and oxygen atoms in total. The van der Waals surface area contributed by atoms with Crippen molar-refractivity contribution in [3.05, 3.63) is 89.4 Å². The minimum absolute atomic E-state index is 0.115. The summed E-state index contributed by atoms with van der Waals surface area (Å²) in [6, 6.07) is 19.5.